The number of nitrogens with one attached hydrogen (secondary N) is 1. The van der Waals surface area contributed by atoms with Gasteiger partial charge in [-0.1, -0.05) is 6.92 Å². The van der Waals surface area contributed by atoms with Crippen molar-refractivity contribution in [1.29, 1.82) is 0 Å². The summed E-state index contributed by atoms with van der Waals surface area (Å²) in [5.41, 5.74) is 2.07. The van der Waals surface area contributed by atoms with Crippen molar-refractivity contribution in [3.8, 4) is 0 Å². The molecule has 0 aromatic carbocycles. The van der Waals surface area contributed by atoms with E-state index in [9.17, 15) is 4.79 Å². The van der Waals surface area contributed by atoms with Crippen molar-refractivity contribution in [3.05, 3.63) is 17.5 Å². The van der Waals surface area contributed by atoms with Gasteiger partial charge in [-0.05, 0) is 6.42 Å². The highest BCUT2D eigenvalue weighted by Gasteiger charge is 2.26. The van der Waals surface area contributed by atoms with Crippen LogP contribution in [0.1, 0.15) is 24.2 Å². The van der Waals surface area contributed by atoms with E-state index in [4.69, 9.17) is 4.74 Å². The molecule has 5 heteroatoms. The smallest absolute Gasteiger partial charge is 0.407 e. The van der Waals surface area contributed by atoms with Crippen molar-refractivity contribution in [3.63, 3.8) is 0 Å². The molecule has 1 atom stereocenters. The second kappa shape index (κ2) is 3.32. The molecule has 1 aliphatic rings. The summed E-state index contributed by atoms with van der Waals surface area (Å²) in [5.74, 6) is 0. The molecule has 1 amide bonds. The summed E-state index contributed by atoms with van der Waals surface area (Å²) in [7, 11) is 1.88. The third-order valence-electron chi connectivity index (χ3n) is 2.32. The Morgan fingerprint density at radius 3 is 3.14 bits per heavy atom. The van der Waals surface area contributed by atoms with Gasteiger partial charge >= 0.3 is 6.09 Å². The number of ether oxygens (including phenoxy) is 1. The molecular weight excluding hydrogens is 182 g/mol. The fraction of sp³-hybridized carbons (Fsp3) is 0.556. The van der Waals surface area contributed by atoms with Gasteiger partial charge in [-0.25, -0.2) is 4.79 Å². The number of cyclic esters (lactones) is 1. The molecule has 5 nitrogen and oxygen atoms in total. The standard InChI is InChI=1S/C9H13N3O2/c1-3-7-6(4-12(2)11-7)8-5-14-9(13)10-8/h4,8H,3,5H2,1-2H3,(H,10,13). The average molecular weight is 195 g/mol. The van der Waals surface area contributed by atoms with E-state index in [0.717, 1.165) is 17.7 Å². The lowest BCUT2D eigenvalue weighted by atomic mass is 10.1. The summed E-state index contributed by atoms with van der Waals surface area (Å²) < 4.78 is 6.60. The van der Waals surface area contributed by atoms with Gasteiger partial charge in [0.15, 0.2) is 0 Å². The average Bonchev–Trinajstić information content (AvgIpc) is 2.71. The zero-order valence-corrected chi connectivity index (χ0v) is 8.28. The molecule has 1 aromatic rings. The number of rotatable bonds is 2. The highest BCUT2D eigenvalue weighted by atomic mass is 16.6. The fourth-order valence-corrected chi connectivity index (χ4v) is 1.67. The Hall–Kier alpha value is -1.52. The number of aromatic nitrogens is 2. The molecule has 0 aliphatic carbocycles. The van der Waals surface area contributed by atoms with Crippen LogP contribution in [0.3, 0.4) is 0 Å². The lowest BCUT2D eigenvalue weighted by Crippen LogP contribution is -2.18. The Bertz CT molecular complexity index is 359. The zero-order chi connectivity index (χ0) is 10.1. The molecule has 1 fully saturated rings. The van der Waals surface area contributed by atoms with E-state index < -0.39 is 0 Å². The predicted molar refractivity (Wildman–Crippen MR) is 49.8 cm³/mol. The van der Waals surface area contributed by atoms with Crippen molar-refractivity contribution in [2.75, 3.05) is 6.61 Å². The number of amides is 1. The van der Waals surface area contributed by atoms with Crippen LogP contribution in [0.5, 0.6) is 0 Å². The molecule has 14 heavy (non-hydrogen) atoms. The summed E-state index contributed by atoms with van der Waals surface area (Å²) in [5, 5.41) is 7.05. The molecule has 1 saturated heterocycles. The van der Waals surface area contributed by atoms with Crippen molar-refractivity contribution < 1.29 is 9.53 Å². The van der Waals surface area contributed by atoms with Crippen molar-refractivity contribution in [2.24, 2.45) is 7.05 Å². The molecule has 1 N–H and O–H groups in total. The van der Waals surface area contributed by atoms with Crippen LogP contribution in [0, 0.1) is 0 Å². The molecule has 0 spiro atoms. The SMILES string of the molecule is CCc1nn(C)cc1C1COC(=O)N1. The first-order valence-electron chi connectivity index (χ1n) is 4.66. The van der Waals surface area contributed by atoms with Crippen molar-refractivity contribution in [2.45, 2.75) is 19.4 Å². The number of carbonyl (C=O) groups excluding carboxylic acids is 1. The van der Waals surface area contributed by atoms with E-state index in [1.54, 1.807) is 4.68 Å². The lowest BCUT2D eigenvalue weighted by molar-refractivity contribution is 0.177. The lowest BCUT2D eigenvalue weighted by Gasteiger charge is -2.05. The number of hydrogen-bond acceptors (Lipinski definition) is 3. The zero-order valence-electron chi connectivity index (χ0n) is 8.28. The Labute approximate surface area is 82.0 Å². The first-order valence-corrected chi connectivity index (χ1v) is 4.66. The Morgan fingerprint density at radius 1 is 1.79 bits per heavy atom. The van der Waals surface area contributed by atoms with Gasteiger partial charge < -0.3 is 10.1 Å². The highest BCUT2D eigenvalue weighted by molar-refractivity contribution is 5.70. The van der Waals surface area contributed by atoms with E-state index in [0.29, 0.717) is 6.61 Å². The maximum absolute atomic E-state index is 10.9. The van der Waals surface area contributed by atoms with Gasteiger partial charge in [-0.15, -0.1) is 0 Å². The van der Waals surface area contributed by atoms with E-state index in [-0.39, 0.29) is 12.1 Å². The van der Waals surface area contributed by atoms with Crippen molar-refractivity contribution in [1.82, 2.24) is 15.1 Å². The topological polar surface area (TPSA) is 56.2 Å². The van der Waals surface area contributed by atoms with Gasteiger partial charge in [0.25, 0.3) is 0 Å². The van der Waals surface area contributed by atoms with E-state index in [2.05, 4.69) is 10.4 Å². The van der Waals surface area contributed by atoms with Crippen LogP contribution in [0.2, 0.25) is 0 Å². The number of aryl methyl sites for hydroxylation is 2. The van der Waals surface area contributed by atoms with Gasteiger partial charge in [-0.3, -0.25) is 4.68 Å². The largest absolute Gasteiger partial charge is 0.447 e. The third kappa shape index (κ3) is 1.45. The van der Waals surface area contributed by atoms with E-state index in [1.807, 2.05) is 20.2 Å². The Kier molecular flexibility index (Phi) is 2.15. The number of alkyl carbamates (subject to hydrolysis) is 1. The monoisotopic (exact) mass is 195 g/mol. The third-order valence-corrected chi connectivity index (χ3v) is 2.32. The molecule has 0 bridgehead atoms. The van der Waals surface area contributed by atoms with Gasteiger partial charge in [0.05, 0.1) is 11.7 Å². The number of nitrogens with zero attached hydrogens (tertiary/aromatic N) is 2. The van der Waals surface area contributed by atoms with Gasteiger partial charge in [0.2, 0.25) is 0 Å². The van der Waals surface area contributed by atoms with Gasteiger partial charge in [0, 0.05) is 18.8 Å². The van der Waals surface area contributed by atoms with Gasteiger partial charge in [-0.2, -0.15) is 5.10 Å². The molecule has 1 unspecified atom stereocenters. The molecule has 1 aromatic heterocycles. The maximum atomic E-state index is 10.9. The van der Waals surface area contributed by atoms with E-state index in [1.165, 1.54) is 0 Å². The van der Waals surface area contributed by atoms with Crippen molar-refractivity contribution >= 4 is 6.09 Å². The summed E-state index contributed by atoms with van der Waals surface area (Å²) in [6.45, 7) is 2.45. The van der Waals surface area contributed by atoms with Crippen LogP contribution in [-0.4, -0.2) is 22.5 Å². The molecule has 2 rings (SSSR count). The number of carbonyl (C=O) groups is 1. The summed E-state index contributed by atoms with van der Waals surface area (Å²) in [4.78, 5) is 10.9. The summed E-state index contributed by atoms with van der Waals surface area (Å²) in [6.07, 6.45) is 2.45. The maximum Gasteiger partial charge on any atom is 0.407 e. The molecule has 2 heterocycles. The first kappa shape index (κ1) is 9.05. The van der Waals surface area contributed by atoms with Gasteiger partial charge in [0.1, 0.15) is 6.61 Å². The molecule has 0 radical (unpaired) electrons. The minimum Gasteiger partial charge on any atom is -0.447 e. The molecule has 0 saturated carbocycles. The minimum atomic E-state index is -0.346. The second-order valence-electron chi connectivity index (χ2n) is 3.35. The normalized spacial score (nSPS) is 20.7. The van der Waals surface area contributed by atoms with Crippen LogP contribution in [0.15, 0.2) is 6.20 Å². The quantitative estimate of drug-likeness (QED) is 0.758. The van der Waals surface area contributed by atoms with Crippen LogP contribution in [0.25, 0.3) is 0 Å². The van der Waals surface area contributed by atoms with Crippen LogP contribution >= 0.6 is 0 Å². The summed E-state index contributed by atoms with van der Waals surface area (Å²) in [6, 6.07) is -0.0360. The first-order chi connectivity index (χ1) is 6.70. The van der Waals surface area contributed by atoms with E-state index >= 15 is 0 Å². The molecule has 76 valence electrons. The second-order valence-corrected chi connectivity index (χ2v) is 3.35. The predicted octanol–water partition coefficient (Wildman–Crippen LogP) is 0.763. The number of hydrogen-bond donors (Lipinski definition) is 1. The Balaban J connectivity index is 2.26. The highest BCUT2D eigenvalue weighted by Crippen LogP contribution is 2.21. The van der Waals surface area contributed by atoms with Crippen LogP contribution < -0.4 is 5.32 Å². The molecule has 1 aliphatic heterocycles. The molecular formula is C9H13N3O2. The van der Waals surface area contributed by atoms with Crippen LogP contribution in [-0.2, 0) is 18.2 Å². The minimum absolute atomic E-state index is 0.0360. The Morgan fingerprint density at radius 2 is 2.57 bits per heavy atom. The fourth-order valence-electron chi connectivity index (χ4n) is 1.67. The van der Waals surface area contributed by atoms with Crippen LogP contribution in [0.4, 0.5) is 4.79 Å². The summed E-state index contributed by atoms with van der Waals surface area (Å²) >= 11 is 0.